The fraction of sp³-hybridized carbons (Fsp3) is 0.263. The van der Waals surface area contributed by atoms with Crippen molar-refractivity contribution in [3.8, 4) is 11.5 Å². The van der Waals surface area contributed by atoms with Gasteiger partial charge < -0.3 is 25.4 Å². The summed E-state index contributed by atoms with van der Waals surface area (Å²) in [5.74, 6) is -0.681. The van der Waals surface area contributed by atoms with Gasteiger partial charge in [0.1, 0.15) is 0 Å². The van der Waals surface area contributed by atoms with Gasteiger partial charge in [-0.05, 0) is 56.7 Å². The first-order valence-electron chi connectivity index (χ1n) is 7.92. The second-order valence-corrected chi connectivity index (χ2v) is 6.35. The molecule has 2 rings (SSSR count). The molecule has 9 heteroatoms. The molecule has 0 aliphatic carbocycles. The molecule has 3 N–H and O–H groups in total. The van der Waals surface area contributed by atoms with Crippen molar-refractivity contribution in [3.05, 3.63) is 52.0 Å². The topological polar surface area (TPSA) is 115 Å². The van der Waals surface area contributed by atoms with Gasteiger partial charge in [0.15, 0.2) is 11.5 Å². The number of carbonyl (C=O) groups excluding carboxylic acids is 1. The molecule has 0 spiro atoms. The number of ether oxygens (including phenoxy) is 2. The normalized spacial score (nSPS) is 9.79. The van der Waals surface area contributed by atoms with Crippen LogP contribution in [0.15, 0.2) is 30.3 Å². The first-order chi connectivity index (χ1) is 12.2. The summed E-state index contributed by atoms with van der Waals surface area (Å²) in [6.07, 6.45) is -0.121. The number of carbonyl (C=O) groups is 2. The molecule has 0 heterocycles. The summed E-state index contributed by atoms with van der Waals surface area (Å²) in [6.45, 7) is 5.37. The van der Waals surface area contributed by atoms with Crippen LogP contribution in [0, 0.1) is 6.92 Å². The van der Waals surface area contributed by atoms with Gasteiger partial charge >= 0.3 is 24.8 Å². The van der Waals surface area contributed by atoms with Crippen molar-refractivity contribution in [2.24, 2.45) is 0 Å². The number of amides is 1. The fourth-order valence-corrected chi connectivity index (χ4v) is 2.71. The number of carboxylic acids is 1. The van der Waals surface area contributed by atoms with Gasteiger partial charge in [-0.2, -0.15) is 0 Å². The molecule has 28 heavy (non-hydrogen) atoms. The minimum Gasteiger partial charge on any atom is -0.870 e. The molecule has 0 aliphatic rings. The molecule has 2 aromatic rings. The Labute approximate surface area is 180 Å². The van der Waals surface area contributed by atoms with Crippen LogP contribution in [0.1, 0.15) is 40.1 Å². The number of hydrogen-bond donors (Lipinski definition) is 2. The number of nitrogens with one attached hydrogen (secondary N) is 1. The van der Waals surface area contributed by atoms with E-state index in [0.717, 1.165) is 0 Å². The van der Waals surface area contributed by atoms with E-state index in [1.807, 2.05) is 13.8 Å². The fourth-order valence-electron chi connectivity index (χ4n) is 2.42. The minimum atomic E-state index is -1.02. The van der Waals surface area contributed by atoms with Crippen molar-refractivity contribution in [1.29, 1.82) is 0 Å². The summed E-state index contributed by atoms with van der Waals surface area (Å²) < 4.78 is 10.9. The van der Waals surface area contributed by atoms with Crippen LogP contribution in [0.4, 0.5) is 5.69 Å². The van der Waals surface area contributed by atoms with E-state index in [1.165, 1.54) is 25.3 Å². The van der Waals surface area contributed by atoms with Crippen molar-refractivity contribution < 1.29 is 48.5 Å². The molecule has 7 nitrogen and oxygen atoms in total. The first-order valence-corrected chi connectivity index (χ1v) is 8.30. The van der Waals surface area contributed by atoms with Gasteiger partial charge in [0, 0.05) is 11.3 Å². The van der Waals surface area contributed by atoms with Gasteiger partial charge in [0.2, 0.25) is 0 Å². The van der Waals surface area contributed by atoms with Crippen LogP contribution in [-0.2, 0) is 0 Å². The van der Waals surface area contributed by atoms with Crippen molar-refractivity contribution >= 4 is 29.2 Å². The van der Waals surface area contributed by atoms with E-state index in [9.17, 15) is 9.59 Å². The molecule has 0 atom stereocenters. The predicted octanol–water partition coefficient (Wildman–Crippen LogP) is 1.22. The van der Waals surface area contributed by atoms with Crippen LogP contribution >= 0.6 is 11.6 Å². The minimum absolute atomic E-state index is 0. The zero-order valence-corrected chi connectivity index (χ0v) is 17.1. The number of aryl methyl sites for hydroxylation is 1. The second-order valence-electron chi connectivity index (χ2n) is 5.95. The maximum atomic E-state index is 12.6. The third-order valence-electron chi connectivity index (χ3n) is 3.55. The second kappa shape index (κ2) is 11.0. The molecule has 0 fully saturated rings. The number of anilines is 1. The molecule has 0 radical (unpaired) electrons. The van der Waals surface area contributed by atoms with Crippen LogP contribution < -0.4 is 33.7 Å². The Hall–Kier alpha value is -2.17. The number of hydrogen-bond acceptors (Lipinski definition) is 5. The van der Waals surface area contributed by atoms with Crippen LogP contribution in [0.3, 0.4) is 0 Å². The molecule has 1 amide bonds. The van der Waals surface area contributed by atoms with E-state index in [2.05, 4.69) is 5.32 Å². The van der Waals surface area contributed by atoms with E-state index in [0.29, 0.717) is 28.3 Å². The number of rotatable bonds is 6. The molecule has 0 bridgehead atoms. The molecule has 0 unspecified atom stereocenters. The van der Waals surface area contributed by atoms with Crippen molar-refractivity contribution in [2.45, 2.75) is 26.9 Å². The number of carboxylic acid groups (broad SMARTS) is 1. The Kier molecular flexibility index (Phi) is 10.1. The molecule has 0 saturated heterocycles. The number of aromatic carboxylic acids is 1. The maximum Gasteiger partial charge on any atom is 1.00 e. The number of methoxy groups -OCH3 is 1. The van der Waals surface area contributed by atoms with Gasteiger partial charge in [-0.3, -0.25) is 4.79 Å². The Morgan fingerprint density at radius 3 is 2.32 bits per heavy atom. The predicted molar refractivity (Wildman–Crippen MR) is 102 cm³/mol. The van der Waals surface area contributed by atoms with Gasteiger partial charge in [0.05, 0.1) is 23.8 Å². The summed E-state index contributed by atoms with van der Waals surface area (Å²) in [5, 5.41) is 12.1. The van der Waals surface area contributed by atoms with E-state index >= 15 is 0 Å². The van der Waals surface area contributed by atoms with E-state index in [-0.39, 0.29) is 41.0 Å². The monoisotopic (exact) mass is 401 g/mol. The third kappa shape index (κ3) is 6.18. The van der Waals surface area contributed by atoms with E-state index in [1.54, 1.807) is 19.1 Å². The zero-order valence-electron chi connectivity index (χ0n) is 16.4. The van der Waals surface area contributed by atoms with E-state index < -0.39 is 11.9 Å². The van der Waals surface area contributed by atoms with Crippen molar-refractivity contribution in [3.63, 3.8) is 0 Å². The van der Waals surface area contributed by atoms with Gasteiger partial charge in [-0.1, -0.05) is 11.6 Å². The summed E-state index contributed by atoms with van der Waals surface area (Å²) in [5.41, 5.74) is 1.51. The smallest absolute Gasteiger partial charge is 0.870 e. The summed E-state index contributed by atoms with van der Waals surface area (Å²) in [7, 11) is 1.47. The molecule has 146 valence electrons. The molecule has 0 aliphatic heterocycles. The Balaban J connectivity index is 0.00000364. The quantitative estimate of drug-likeness (QED) is 0.703. The average Bonchev–Trinajstić information content (AvgIpc) is 2.53. The average molecular weight is 402 g/mol. The Morgan fingerprint density at radius 2 is 1.82 bits per heavy atom. The SMILES string of the molecule is COc1c(Cl)cc(C(=O)Nc2ccc(C(=O)O)c(C)c2)cc1OC(C)C.[Li+].[OH-]. The molecule has 0 aromatic heterocycles. The standard InChI is InChI=1S/C19H20ClNO5.Li.H2O/c1-10(2)26-16-9-12(8-15(20)17(16)25-4)18(22)21-13-5-6-14(19(23)24)11(3)7-13;;/h5-10H,1-4H3,(H,21,22)(H,23,24);;1H2/q;+1;/p-1. The summed E-state index contributed by atoms with van der Waals surface area (Å²) in [6, 6.07) is 7.62. The zero-order chi connectivity index (χ0) is 19.4. The van der Waals surface area contributed by atoms with Gasteiger partial charge in [-0.15, -0.1) is 0 Å². The number of halogens is 1. The van der Waals surface area contributed by atoms with Crippen LogP contribution in [0.5, 0.6) is 11.5 Å². The molecule has 2 aromatic carbocycles. The Morgan fingerprint density at radius 1 is 1.18 bits per heavy atom. The molecular formula is C19H21ClLiNO6. The maximum absolute atomic E-state index is 12.6. The van der Waals surface area contributed by atoms with E-state index in [4.69, 9.17) is 26.2 Å². The van der Waals surface area contributed by atoms with Crippen LogP contribution in [-0.4, -0.2) is 35.7 Å². The molecular weight excluding hydrogens is 381 g/mol. The van der Waals surface area contributed by atoms with Crippen LogP contribution in [0.2, 0.25) is 5.02 Å². The van der Waals surface area contributed by atoms with Crippen LogP contribution in [0.25, 0.3) is 0 Å². The molecule has 0 saturated carbocycles. The Bertz CT molecular complexity index is 857. The summed E-state index contributed by atoms with van der Waals surface area (Å²) >= 11 is 6.20. The van der Waals surface area contributed by atoms with Crippen molar-refractivity contribution in [1.82, 2.24) is 0 Å². The summed E-state index contributed by atoms with van der Waals surface area (Å²) in [4.78, 5) is 23.6. The van der Waals surface area contributed by atoms with Gasteiger partial charge in [-0.25, -0.2) is 4.79 Å². The third-order valence-corrected chi connectivity index (χ3v) is 3.83. The van der Waals surface area contributed by atoms with Crippen molar-refractivity contribution in [2.75, 3.05) is 12.4 Å². The largest absolute Gasteiger partial charge is 1.00 e. The van der Waals surface area contributed by atoms with Gasteiger partial charge in [0.25, 0.3) is 5.91 Å². The number of benzene rings is 2. The first kappa shape index (κ1) is 25.8.